The van der Waals surface area contributed by atoms with Crippen LogP contribution in [0.3, 0.4) is 0 Å². The van der Waals surface area contributed by atoms with Gasteiger partial charge >= 0.3 is 0 Å². The van der Waals surface area contributed by atoms with Crippen LogP contribution in [0.2, 0.25) is 0 Å². The number of hydrogen-bond acceptors (Lipinski definition) is 7. The Balaban J connectivity index is 1.65. The molecular formula is C15H21N3O4. The van der Waals surface area contributed by atoms with Gasteiger partial charge in [-0.2, -0.15) is 4.98 Å². The normalized spacial score (nSPS) is 22.5. The van der Waals surface area contributed by atoms with Crippen molar-refractivity contribution in [2.75, 3.05) is 33.4 Å². The molecule has 0 aliphatic carbocycles. The highest BCUT2D eigenvalue weighted by atomic mass is 16.5. The number of methoxy groups -OCH3 is 1. The molecule has 2 aromatic rings. The van der Waals surface area contributed by atoms with Gasteiger partial charge in [-0.15, -0.1) is 0 Å². The molecule has 7 nitrogen and oxygen atoms in total. The van der Waals surface area contributed by atoms with Crippen molar-refractivity contribution in [3.8, 4) is 0 Å². The monoisotopic (exact) mass is 307 g/mol. The molecule has 0 aromatic carbocycles. The first-order chi connectivity index (χ1) is 10.8. The van der Waals surface area contributed by atoms with E-state index < -0.39 is 0 Å². The zero-order chi connectivity index (χ0) is 15.4. The van der Waals surface area contributed by atoms with Gasteiger partial charge in [0.1, 0.15) is 0 Å². The van der Waals surface area contributed by atoms with Crippen LogP contribution in [0.1, 0.15) is 23.2 Å². The molecule has 0 spiro atoms. The summed E-state index contributed by atoms with van der Waals surface area (Å²) in [6.07, 6.45) is 4.05. The third-order valence-electron chi connectivity index (χ3n) is 4.07. The van der Waals surface area contributed by atoms with Gasteiger partial charge in [-0.05, 0) is 6.07 Å². The lowest BCUT2D eigenvalue weighted by Gasteiger charge is -2.13. The molecule has 22 heavy (non-hydrogen) atoms. The van der Waals surface area contributed by atoms with Crippen LogP contribution >= 0.6 is 0 Å². The molecule has 0 unspecified atom stereocenters. The Morgan fingerprint density at radius 2 is 2.36 bits per heavy atom. The standard InChI is InChI=1S/C15H21N3O4/c1-20-4-3-14-16-15(22-17-14)13-8-18(7-12(13)9-19)6-11-2-5-21-10-11/h2,5,10,12-13,19H,3-4,6-9H2,1H3/t12-,13+/m0/s1. The molecule has 3 rings (SSSR count). The number of likely N-dealkylation sites (tertiary alicyclic amines) is 1. The molecule has 1 saturated heterocycles. The fourth-order valence-electron chi connectivity index (χ4n) is 2.91. The molecule has 1 fully saturated rings. The van der Waals surface area contributed by atoms with Gasteiger partial charge in [-0.1, -0.05) is 5.16 Å². The third-order valence-corrected chi connectivity index (χ3v) is 4.07. The van der Waals surface area contributed by atoms with Gasteiger partial charge in [0.25, 0.3) is 0 Å². The fraction of sp³-hybridized carbons (Fsp3) is 0.600. The predicted octanol–water partition coefficient (Wildman–Crippen LogP) is 1.06. The summed E-state index contributed by atoms with van der Waals surface area (Å²) in [5, 5.41) is 13.6. The Labute approximate surface area is 128 Å². The summed E-state index contributed by atoms with van der Waals surface area (Å²) < 4.78 is 15.5. The highest BCUT2D eigenvalue weighted by molar-refractivity contribution is 5.08. The lowest BCUT2D eigenvalue weighted by molar-refractivity contribution is 0.199. The second kappa shape index (κ2) is 7.04. The van der Waals surface area contributed by atoms with Crippen molar-refractivity contribution >= 4 is 0 Å². The van der Waals surface area contributed by atoms with Crippen LogP contribution in [0.15, 0.2) is 27.5 Å². The van der Waals surface area contributed by atoms with Crippen molar-refractivity contribution in [2.45, 2.75) is 18.9 Å². The van der Waals surface area contributed by atoms with Crippen LogP contribution in [0.25, 0.3) is 0 Å². The van der Waals surface area contributed by atoms with Gasteiger partial charge in [-0.3, -0.25) is 4.90 Å². The Kier molecular flexibility index (Phi) is 4.87. The molecular weight excluding hydrogens is 286 g/mol. The van der Waals surface area contributed by atoms with E-state index in [2.05, 4.69) is 15.0 Å². The minimum atomic E-state index is 0.0701. The van der Waals surface area contributed by atoms with E-state index in [1.54, 1.807) is 19.6 Å². The van der Waals surface area contributed by atoms with Crippen LogP contribution in [-0.2, 0) is 17.7 Å². The van der Waals surface area contributed by atoms with Crippen molar-refractivity contribution in [1.82, 2.24) is 15.0 Å². The van der Waals surface area contributed by atoms with Crippen molar-refractivity contribution < 1.29 is 18.8 Å². The topological polar surface area (TPSA) is 84.8 Å². The molecule has 0 saturated carbocycles. The number of hydrogen-bond donors (Lipinski definition) is 1. The van der Waals surface area contributed by atoms with Crippen molar-refractivity contribution in [2.24, 2.45) is 5.92 Å². The average molecular weight is 307 g/mol. The molecule has 1 aliphatic rings. The smallest absolute Gasteiger partial charge is 0.231 e. The number of aromatic nitrogens is 2. The van der Waals surface area contributed by atoms with E-state index in [-0.39, 0.29) is 18.4 Å². The zero-order valence-electron chi connectivity index (χ0n) is 12.6. The van der Waals surface area contributed by atoms with E-state index in [1.807, 2.05) is 6.07 Å². The first-order valence-corrected chi connectivity index (χ1v) is 7.46. The maximum atomic E-state index is 9.63. The van der Waals surface area contributed by atoms with Gasteiger partial charge in [-0.25, -0.2) is 0 Å². The van der Waals surface area contributed by atoms with E-state index in [9.17, 15) is 5.11 Å². The summed E-state index contributed by atoms with van der Waals surface area (Å²) in [6, 6.07) is 1.96. The number of rotatable bonds is 7. The van der Waals surface area contributed by atoms with Crippen LogP contribution < -0.4 is 0 Å². The summed E-state index contributed by atoms with van der Waals surface area (Å²) in [5.74, 6) is 1.45. The Morgan fingerprint density at radius 1 is 1.45 bits per heavy atom. The number of furan rings is 1. The number of aliphatic hydroxyl groups is 1. The van der Waals surface area contributed by atoms with Gasteiger partial charge in [0.15, 0.2) is 5.82 Å². The lowest BCUT2D eigenvalue weighted by Crippen LogP contribution is -2.20. The second-order valence-corrected chi connectivity index (χ2v) is 5.67. The summed E-state index contributed by atoms with van der Waals surface area (Å²) in [6.45, 7) is 3.08. The van der Waals surface area contributed by atoms with Crippen LogP contribution in [0.5, 0.6) is 0 Å². The van der Waals surface area contributed by atoms with Gasteiger partial charge in [0, 0.05) is 51.3 Å². The predicted molar refractivity (Wildman–Crippen MR) is 77.2 cm³/mol. The third kappa shape index (κ3) is 3.37. The summed E-state index contributed by atoms with van der Waals surface area (Å²) >= 11 is 0. The average Bonchev–Trinajstić information content (AvgIpc) is 3.25. The van der Waals surface area contributed by atoms with Gasteiger partial charge in [0.05, 0.1) is 25.1 Å². The maximum absolute atomic E-state index is 9.63. The zero-order valence-corrected chi connectivity index (χ0v) is 12.6. The van der Waals surface area contributed by atoms with E-state index >= 15 is 0 Å². The van der Waals surface area contributed by atoms with Crippen molar-refractivity contribution in [3.05, 3.63) is 35.9 Å². The first-order valence-electron chi connectivity index (χ1n) is 7.46. The molecule has 120 valence electrons. The van der Waals surface area contributed by atoms with Gasteiger partial charge < -0.3 is 18.8 Å². The molecule has 3 heterocycles. The molecule has 0 radical (unpaired) electrons. The molecule has 1 aliphatic heterocycles. The van der Waals surface area contributed by atoms with E-state index in [0.717, 1.165) is 25.2 Å². The van der Waals surface area contributed by atoms with Crippen molar-refractivity contribution in [3.63, 3.8) is 0 Å². The fourth-order valence-corrected chi connectivity index (χ4v) is 2.91. The number of aliphatic hydroxyl groups excluding tert-OH is 1. The summed E-state index contributed by atoms with van der Waals surface area (Å²) in [4.78, 5) is 6.72. The highest BCUT2D eigenvalue weighted by Gasteiger charge is 2.37. The minimum absolute atomic E-state index is 0.0701. The van der Waals surface area contributed by atoms with Crippen LogP contribution in [0, 0.1) is 5.92 Å². The molecule has 0 amide bonds. The summed E-state index contributed by atoms with van der Waals surface area (Å²) in [5.41, 5.74) is 1.13. The highest BCUT2D eigenvalue weighted by Crippen LogP contribution is 2.32. The number of nitrogens with zero attached hydrogens (tertiary/aromatic N) is 3. The molecule has 2 aromatic heterocycles. The van der Waals surface area contributed by atoms with Gasteiger partial charge in [0.2, 0.25) is 5.89 Å². The molecule has 1 N–H and O–H groups in total. The SMILES string of the molecule is COCCc1noc([C@@H]2CN(Cc3ccoc3)C[C@H]2CO)n1. The second-order valence-electron chi connectivity index (χ2n) is 5.67. The first kappa shape index (κ1) is 15.2. The Hall–Kier alpha value is -1.70. The number of ether oxygens (including phenoxy) is 1. The maximum Gasteiger partial charge on any atom is 0.231 e. The van der Waals surface area contributed by atoms with E-state index in [0.29, 0.717) is 24.7 Å². The molecule has 7 heteroatoms. The molecule has 2 atom stereocenters. The Morgan fingerprint density at radius 3 is 3.09 bits per heavy atom. The largest absolute Gasteiger partial charge is 0.472 e. The lowest BCUT2D eigenvalue weighted by atomic mass is 9.97. The van der Waals surface area contributed by atoms with E-state index in [4.69, 9.17) is 13.7 Å². The minimum Gasteiger partial charge on any atom is -0.472 e. The molecule has 0 bridgehead atoms. The van der Waals surface area contributed by atoms with Crippen molar-refractivity contribution in [1.29, 1.82) is 0 Å². The summed E-state index contributed by atoms with van der Waals surface area (Å²) in [7, 11) is 1.65. The van der Waals surface area contributed by atoms with E-state index in [1.165, 1.54) is 0 Å². The van der Waals surface area contributed by atoms with Crippen LogP contribution in [-0.4, -0.2) is 53.6 Å². The Bertz CT molecular complexity index is 569. The van der Waals surface area contributed by atoms with Crippen LogP contribution in [0.4, 0.5) is 0 Å². The quantitative estimate of drug-likeness (QED) is 0.818.